The van der Waals surface area contributed by atoms with Gasteiger partial charge in [-0.15, -0.1) is 5.10 Å². The van der Waals surface area contributed by atoms with Crippen LogP contribution in [0.3, 0.4) is 0 Å². The monoisotopic (exact) mass is 429 g/mol. The lowest BCUT2D eigenvalue weighted by atomic mass is 9.86. The second-order valence-corrected chi connectivity index (χ2v) is 6.83. The number of aromatic nitrogens is 3. The van der Waals surface area contributed by atoms with E-state index in [-0.39, 0.29) is 13.0 Å². The molecule has 1 aromatic rings. The Bertz CT molecular complexity index is 941. The van der Waals surface area contributed by atoms with Crippen LogP contribution in [0.1, 0.15) is 17.8 Å². The lowest BCUT2D eigenvalue weighted by Crippen LogP contribution is -2.19. The first-order valence-electron chi connectivity index (χ1n) is 8.83. The van der Waals surface area contributed by atoms with Gasteiger partial charge in [-0.3, -0.25) is 9.00 Å². The van der Waals surface area contributed by atoms with Crippen LogP contribution in [0.25, 0.3) is 12.2 Å². The SMILES string of the molecule is C=C/C=C(\C=C(/C=C)C(CC(=O)O)/C(C=C)=C/c1nnn(C)c1C=C)CNS(=O)[O-]. The summed E-state index contributed by atoms with van der Waals surface area (Å²) in [4.78, 5) is 11.6. The lowest BCUT2D eigenvalue weighted by Gasteiger charge is -2.19. The molecular formula is C21H25N4O4S-. The summed E-state index contributed by atoms with van der Waals surface area (Å²) < 4.78 is 25.5. The number of hydrogen-bond acceptors (Lipinski definition) is 5. The Morgan fingerprint density at radius 1 is 1.30 bits per heavy atom. The number of carbonyl (C=O) groups is 1. The van der Waals surface area contributed by atoms with Gasteiger partial charge in [0.1, 0.15) is 5.69 Å². The summed E-state index contributed by atoms with van der Waals surface area (Å²) in [5.74, 6) is -1.63. The lowest BCUT2D eigenvalue weighted by molar-refractivity contribution is -0.137. The summed E-state index contributed by atoms with van der Waals surface area (Å²) in [6, 6.07) is 0. The van der Waals surface area contributed by atoms with Crippen molar-refractivity contribution in [1.29, 1.82) is 0 Å². The van der Waals surface area contributed by atoms with Gasteiger partial charge in [0, 0.05) is 30.8 Å². The molecule has 0 aromatic carbocycles. The fourth-order valence-electron chi connectivity index (χ4n) is 2.75. The molecule has 2 unspecified atom stereocenters. The van der Waals surface area contributed by atoms with Crippen molar-refractivity contribution in [3.63, 3.8) is 0 Å². The highest BCUT2D eigenvalue weighted by molar-refractivity contribution is 7.77. The van der Waals surface area contributed by atoms with Gasteiger partial charge in [-0.1, -0.05) is 61.9 Å². The summed E-state index contributed by atoms with van der Waals surface area (Å²) in [5.41, 5.74) is 2.92. The topological polar surface area (TPSA) is 120 Å². The molecular weight excluding hydrogens is 404 g/mol. The number of allylic oxidation sites excluding steroid dienone is 6. The summed E-state index contributed by atoms with van der Waals surface area (Å²) in [6.45, 7) is 15.0. The first kappa shape index (κ1) is 24.9. The van der Waals surface area contributed by atoms with Crippen molar-refractivity contribution in [3.05, 3.63) is 84.8 Å². The van der Waals surface area contributed by atoms with Crippen molar-refractivity contribution in [2.45, 2.75) is 6.42 Å². The first-order chi connectivity index (χ1) is 14.3. The Kier molecular flexibility index (Phi) is 10.3. The molecule has 2 atom stereocenters. The molecule has 0 aliphatic carbocycles. The number of carboxylic acids is 1. The number of hydrogen-bond donors (Lipinski definition) is 2. The highest BCUT2D eigenvalue weighted by Gasteiger charge is 2.21. The molecule has 8 nitrogen and oxygen atoms in total. The fraction of sp³-hybridized carbons (Fsp3) is 0.190. The van der Waals surface area contributed by atoms with E-state index in [1.807, 2.05) is 0 Å². The second kappa shape index (κ2) is 12.4. The molecule has 1 aromatic heterocycles. The minimum atomic E-state index is -2.44. The Labute approximate surface area is 178 Å². The number of rotatable bonds is 13. The van der Waals surface area contributed by atoms with E-state index in [9.17, 15) is 18.7 Å². The molecule has 1 heterocycles. The minimum Gasteiger partial charge on any atom is -0.760 e. The van der Waals surface area contributed by atoms with Gasteiger partial charge in [-0.25, -0.2) is 9.40 Å². The second-order valence-electron chi connectivity index (χ2n) is 6.07. The zero-order valence-corrected chi connectivity index (χ0v) is 17.6. The fourth-order valence-corrected chi connectivity index (χ4v) is 3.03. The van der Waals surface area contributed by atoms with E-state index in [1.54, 1.807) is 42.1 Å². The molecule has 0 spiro atoms. The van der Waals surface area contributed by atoms with Crippen LogP contribution in [0.15, 0.2) is 73.4 Å². The zero-order valence-electron chi connectivity index (χ0n) is 16.8. The van der Waals surface area contributed by atoms with Crippen LogP contribution < -0.4 is 4.72 Å². The van der Waals surface area contributed by atoms with Gasteiger partial charge < -0.3 is 9.66 Å². The van der Waals surface area contributed by atoms with Crippen LogP contribution in [0.5, 0.6) is 0 Å². The van der Waals surface area contributed by atoms with Gasteiger partial charge in [0.25, 0.3) is 0 Å². The van der Waals surface area contributed by atoms with E-state index in [1.165, 1.54) is 12.2 Å². The van der Waals surface area contributed by atoms with Crippen LogP contribution in [0, 0.1) is 5.92 Å². The molecule has 1 rings (SSSR count). The molecule has 0 radical (unpaired) electrons. The summed E-state index contributed by atoms with van der Waals surface area (Å²) in [6.07, 6.45) is 10.9. The van der Waals surface area contributed by atoms with E-state index in [0.717, 1.165) is 0 Å². The van der Waals surface area contributed by atoms with Crippen LogP contribution in [0.4, 0.5) is 0 Å². The zero-order chi connectivity index (χ0) is 22.7. The largest absolute Gasteiger partial charge is 0.760 e. The van der Waals surface area contributed by atoms with E-state index in [2.05, 4.69) is 41.3 Å². The molecule has 30 heavy (non-hydrogen) atoms. The minimum absolute atomic E-state index is 0.0111. The Balaban J connectivity index is 3.50. The molecule has 0 amide bonds. The smallest absolute Gasteiger partial charge is 0.304 e. The molecule has 2 N–H and O–H groups in total. The van der Waals surface area contributed by atoms with Crippen molar-refractivity contribution < 1.29 is 18.7 Å². The van der Waals surface area contributed by atoms with Crippen LogP contribution in [0.2, 0.25) is 0 Å². The normalized spacial score (nSPS) is 14.7. The number of aliphatic carboxylic acids is 1. The predicted octanol–water partition coefficient (Wildman–Crippen LogP) is 2.73. The summed E-state index contributed by atoms with van der Waals surface area (Å²) >= 11 is -2.44. The Hall–Kier alpha value is -3.14. The number of nitrogens with zero attached hydrogens (tertiary/aromatic N) is 3. The third-order valence-corrected chi connectivity index (χ3v) is 4.51. The van der Waals surface area contributed by atoms with Crippen molar-refractivity contribution in [1.82, 2.24) is 19.7 Å². The van der Waals surface area contributed by atoms with Crippen molar-refractivity contribution in [2.75, 3.05) is 6.54 Å². The van der Waals surface area contributed by atoms with Gasteiger partial charge in [-0.05, 0) is 28.9 Å². The maximum absolute atomic E-state index is 11.6. The van der Waals surface area contributed by atoms with Gasteiger partial charge >= 0.3 is 5.97 Å². The molecule has 0 bridgehead atoms. The average Bonchev–Trinajstić information content (AvgIpc) is 3.05. The van der Waals surface area contributed by atoms with Crippen molar-refractivity contribution in [2.24, 2.45) is 13.0 Å². The third kappa shape index (κ3) is 7.36. The molecule has 0 saturated carbocycles. The maximum atomic E-state index is 11.6. The van der Waals surface area contributed by atoms with Crippen LogP contribution >= 0.6 is 0 Å². The molecule has 0 aliphatic heterocycles. The molecule has 160 valence electrons. The third-order valence-electron chi connectivity index (χ3n) is 4.13. The van der Waals surface area contributed by atoms with Gasteiger partial charge in [0.15, 0.2) is 0 Å². The number of nitrogens with one attached hydrogen (secondary N) is 1. The van der Waals surface area contributed by atoms with Crippen molar-refractivity contribution in [3.8, 4) is 0 Å². The van der Waals surface area contributed by atoms with E-state index in [4.69, 9.17) is 0 Å². The van der Waals surface area contributed by atoms with E-state index in [0.29, 0.717) is 28.1 Å². The highest BCUT2D eigenvalue weighted by Crippen LogP contribution is 2.29. The van der Waals surface area contributed by atoms with Gasteiger partial charge in [0.2, 0.25) is 0 Å². The molecule has 0 aliphatic rings. The summed E-state index contributed by atoms with van der Waals surface area (Å²) in [5, 5.41) is 17.5. The Morgan fingerprint density at radius 2 is 1.97 bits per heavy atom. The number of aryl methyl sites for hydroxylation is 1. The van der Waals surface area contributed by atoms with Gasteiger partial charge in [-0.2, -0.15) is 0 Å². The highest BCUT2D eigenvalue weighted by atomic mass is 32.2. The predicted molar refractivity (Wildman–Crippen MR) is 118 cm³/mol. The molecule has 0 saturated heterocycles. The van der Waals surface area contributed by atoms with E-state index < -0.39 is 23.2 Å². The van der Waals surface area contributed by atoms with E-state index >= 15 is 0 Å². The van der Waals surface area contributed by atoms with Crippen molar-refractivity contribution >= 4 is 29.4 Å². The standard InChI is InChI=1S/C21H26N4O4S/c1-6-10-15(14-22-30(28)29)11-16(7-2)18(13-21(26)27)17(8-3)12-19-20(9-4)25(5)24-23-19/h6-12,18,22H,1-4,13-14H2,5H3,(H,26,27)(H,28,29)/p-1/b15-10+,16-11+,17-12+. The average molecular weight is 430 g/mol. The quantitative estimate of drug-likeness (QED) is 0.367. The maximum Gasteiger partial charge on any atom is 0.304 e. The van der Waals surface area contributed by atoms with Crippen LogP contribution in [-0.4, -0.2) is 41.4 Å². The number of carboxylic acid groups (broad SMARTS) is 1. The Morgan fingerprint density at radius 3 is 2.47 bits per heavy atom. The van der Waals surface area contributed by atoms with Crippen LogP contribution in [-0.2, 0) is 23.1 Å². The summed E-state index contributed by atoms with van der Waals surface area (Å²) in [7, 11) is 1.72. The molecule has 0 fully saturated rings. The first-order valence-corrected chi connectivity index (χ1v) is 9.91. The van der Waals surface area contributed by atoms with Gasteiger partial charge in [0.05, 0.1) is 12.1 Å². The molecule has 9 heteroatoms.